The monoisotopic (exact) mass is 322 g/mol. The summed E-state index contributed by atoms with van der Waals surface area (Å²) in [7, 11) is 0. The average Bonchev–Trinajstić information content (AvgIpc) is 2.73. The van der Waals surface area contributed by atoms with E-state index in [1.807, 2.05) is 34.9 Å². The Bertz CT molecular complexity index is 533. The molecule has 5 heteroatoms. The van der Waals surface area contributed by atoms with E-state index in [2.05, 4.69) is 0 Å². The van der Waals surface area contributed by atoms with Gasteiger partial charge >= 0.3 is 0 Å². The zero-order chi connectivity index (χ0) is 15.9. The van der Waals surface area contributed by atoms with Crippen LogP contribution in [0.3, 0.4) is 0 Å². The number of amides is 2. The lowest BCUT2D eigenvalue weighted by Crippen LogP contribution is -2.37. The van der Waals surface area contributed by atoms with Crippen molar-refractivity contribution in [3.8, 4) is 0 Å². The first kappa shape index (κ1) is 16.8. The highest BCUT2D eigenvalue weighted by Crippen LogP contribution is 2.13. The maximum absolute atomic E-state index is 12.4. The van der Waals surface area contributed by atoms with Crippen molar-refractivity contribution >= 4 is 23.4 Å². The van der Waals surface area contributed by atoms with Crippen molar-refractivity contribution in [1.29, 1.82) is 0 Å². The van der Waals surface area contributed by atoms with E-state index >= 15 is 0 Å². The predicted octanol–water partition coefficient (Wildman–Crippen LogP) is 2.74. The van der Waals surface area contributed by atoms with Gasteiger partial charge in [0.05, 0.1) is 6.42 Å². The van der Waals surface area contributed by atoms with Crippen molar-refractivity contribution in [1.82, 2.24) is 9.80 Å². The van der Waals surface area contributed by atoms with Gasteiger partial charge in [0.1, 0.15) is 0 Å². The minimum absolute atomic E-state index is 0.104. The molecule has 1 aromatic rings. The summed E-state index contributed by atoms with van der Waals surface area (Å²) >= 11 is 5.95. The van der Waals surface area contributed by atoms with Gasteiger partial charge in [-0.15, -0.1) is 0 Å². The smallest absolute Gasteiger partial charge is 0.227 e. The zero-order valence-corrected chi connectivity index (χ0v) is 13.8. The highest BCUT2D eigenvalue weighted by molar-refractivity contribution is 6.30. The molecule has 0 spiro atoms. The van der Waals surface area contributed by atoms with Gasteiger partial charge in [0.2, 0.25) is 11.8 Å². The number of hydrogen-bond donors (Lipinski definition) is 0. The van der Waals surface area contributed by atoms with Crippen LogP contribution in [0, 0.1) is 0 Å². The molecule has 1 saturated heterocycles. The average molecular weight is 323 g/mol. The molecule has 2 amide bonds. The summed E-state index contributed by atoms with van der Waals surface area (Å²) in [4.78, 5) is 28.1. The quantitative estimate of drug-likeness (QED) is 0.855. The second-order valence-corrected chi connectivity index (χ2v) is 6.11. The summed E-state index contributed by atoms with van der Waals surface area (Å²) in [6.07, 6.45) is 2.67. The summed E-state index contributed by atoms with van der Waals surface area (Å²) < 4.78 is 0. The molecule has 1 aliphatic heterocycles. The lowest BCUT2D eigenvalue weighted by atomic mass is 10.1. The van der Waals surface area contributed by atoms with Crippen LogP contribution >= 0.6 is 11.6 Å². The Hall–Kier alpha value is -1.55. The minimum atomic E-state index is 0.104. The molecule has 0 radical (unpaired) electrons. The first-order chi connectivity index (χ1) is 10.6. The van der Waals surface area contributed by atoms with E-state index < -0.39 is 0 Å². The molecule has 1 aromatic carbocycles. The molecule has 22 heavy (non-hydrogen) atoms. The molecule has 0 unspecified atom stereocenters. The Morgan fingerprint density at radius 2 is 1.77 bits per heavy atom. The number of carbonyl (C=O) groups is 2. The number of carbonyl (C=O) groups excluding carboxylic acids is 2. The van der Waals surface area contributed by atoms with E-state index in [0.29, 0.717) is 31.0 Å². The van der Waals surface area contributed by atoms with E-state index in [0.717, 1.165) is 31.5 Å². The third-order valence-corrected chi connectivity index (χ3v) is 4.14. The van der Waals surface area contributed by atoms with Gasteiger partial charge in [-0.05, 0) is 30.5 Å². The van der Waals surface area contributed by atoms with Crippen molar-refractivity contribution in [2.75, 3.05) is 26.2 Å². The number of hydrogen-bond acceptors (Lipinski definition) is 2. The van der Waals surface area contributed by atoms with Gasteiger partial charge in [-0.3, -0.25) is 9.59 Å². The number of benzene rings is 1. The molecule has 0 atom stereocenters. The molecule has 0 bridgehead atoms. The molecule has 0 N–H and O–H groups in total. The second-order valence-electron chi connectivity index (χ2n) is 5.67. The molecular weight excluding hydrogens is 300 g/mol. The second kappa shape index (κ2) is 8.18. The minimum Gasteiger partial charge on any atom is -0.341 e. The standard InChI is InChI=1S/C17H23ClN2O2/c1-2-5-16(21)19-8-4-9-20(11-10-19)17(22)13-14-6-3-7-15(18)12-14/h3,6-7,12H,2,4-5,8-11,13H2,1H3. The normalized spacial score (nSPS) is 15.5. The van der Waals surface area contributed by atoms with Crippen molar-refractivity contribution in [3.05, 3.63) is 34.9 Å². The van der Waals surface area contributed by atoms with Crippen LogP contribution in [0.1, 0.15) is 31.7 Å². The third kappa shape index (κ3) is 4.73. The van der Waals surface area contributed by atoms with E-state index in [1.54, 1.807) is 6.07 Å². The van der Waals surface area contributed by atoms with Crippen LogP contribution in [0.2, 0.25) is 5.02 Å². The molecule has 0 aliphatic carbocycles. The van der Waals surface area contributed by atoms with E-state index in [-0.39, 0.29) is 11.8 Å². The van der Waals surface area contributed by atoms with Gasteiger partial charge in [-0.1, -0.05) is 30.7 Å². The van der Waals surface area contributed by atoms with E-state index in [4.69, 9.17) is 11.6 Å². The molecule has 1 heterocycles. The number of halogens is 1. The maximum Gasteiger partial charge on any atom is 0.227 e. The molecule has 1 aliphatic rings. The Labute approximate surface area is 137 Å². The van der Waals surface area contributed by atoms with Gasteiger partial charge in [0, 0.05) is 37.6 Å². The predicted molar refractivity (Wildman–Crippen MR) is 87.8 cm³/mol. The number of rotatable bonds is 4. The van der Waals surface area contributed by atoms with Crippen LogP contribution < -0.4 is 0 Å². The van der Waals surface area contributed by atoms with Crippen LogP contribution in [-0.2, 0) is 16.0 Å². The Balaban J connectivity index is 1.90. The molecule has 2 rings (SSSR count). The summed E-state index contributed by atoms with van der Waals surface area (Å²) in [5, 5.41) is 0.650. The SMILES string of the molecule is CCCC(=O)N1CCCN(C(=O)Cc2cccc(Cl)c2)CC1. The van der Waals surface area contributed by atoms with Crippen molar-refractivity contribution in [2.24, 2.45) is 0 Å². The first-order valence-electron chi connectivity index (χ1n) is 7.90. The van der Waals surface area contributed by atoms with Gasteiger partial charge in [0.25, 0.3) is 0 Å². The summed E-state index contributed by atoms with van der Waals surface area (Å²) in [5.41, 5.74) is 0.931. The fraction of sp³-hybridized carbons (Fsp3) is 0.529. The summed E-state index contributed by atoms with van der Waals surface area (Å²) in [6.45, 7) is 4.74. The van der Waals surface area contributed by atoms with Crippen LogP contribution in [0.4, 0.5) is 0 Å². The van der Waals surface area contributed by atoms with Crippen LogP contribution in [0.25, 0.3) is 0 Å². The fourth-order valence-corrected chi connectivity index (χ4v) is 2.93. The first-order valence-corrected chi connectivity index (χ1v) is 8.28. The van der Waals surface area contributed by atoms with Crippen LogP contribution in [0.5, 0.6) is 0 Å². The Morgan fingerprint density at radius 3 is 2.41 bits per heavy atom. The van der Waals surface area contributed by atoms with E-state index in [9.17, 15) is 9.59 Å². The lowest BCUT2D eigenvalue weighted by Gasteiger charge is -2.22. The molecule has 4 nitrogen and oxygen atoms in total. The van der Waals surface area contributed by atoms with Gasteiger partial charge in [0.15, 0.2) is 0 Å². The molecule has 0 aromatic heterocycles. The van der Waals surface area contributed by atoms with Gasteiger partial charge in [-0.25, -0.2) is 0 Å². The maximum atomic E-state index is 12.4. The lowest BCUT2D eigenvalue weighted by molar-refractivity contribution is -0.133. The number of nitrogens with zero attached hydrogens (tertiary/aromatic N) is 2. The van der Waals surface area contributed by atoms with Crippen LogP contribution in [0.15, 0.2) is 24.3 Å². The fourth-order valence-electron chi connectivity index (χ4n) is 2.72. The van der Waals surface area contributed by atoms with E-state index in [1.165, 1.54) is 0 Å². The zero-order valence-electron chi connectivity index (χ0n) is 13.1. The van der Waals surface area contributed by atoms with Crippen molar-refractivity contribution in [3.63, 3.8) is 0 Å². The molecule has 120 valence electrons. The van der Waals surface area contributed by atoms with Crippen LogP contribution in [-0.4, -0.2) is 47.8 Å². The molecular formula is C17H23ClN2O2. The van der Waals surface area contributed by atoms with Gasteiger partial charge in [-0.2, -0.15) is 0 Å². The summed E-state index contributed by atoms with van der Waals surface area (Å²) in [6, 6.07) is 7.41. The van der Waals surface area contributed by atoms with Gasteiger partial charge < -0.3 is 9.80 Å². The highest BCUT2D eigenvalue weighted by Gasteiger charge is 2.21. The highest BCUT2D eigenvalue weighted by atomic mass is 35.5. The Morgan fingerprint density at radius 1 is 1.09 bits per heavy atom. The Kier molecular flexibility index (Phi) is 6.25. The van der Waals surface area contributed by atoms with Crippen molar-refractivity contribution < 1.29 is 9.59 Å². The third-order valence-electron chi connectivity index (χ3n) is 3.91. The summed E-state index contributed by atoms with van der Waals surface area (Å²) in [5.74, 6) is 0.304. The largest absolute Gasteiger partial charge is 0.341 e. The molecule has 1 fully saturated rings. The van der Waals surface area contributed by atoms with Crippen molar-refractivity contribution in [2.45, 2.75) is 32.6 Å². The topological polar surface area (TPSA) is 40.6 Å². The molecule has 0 saturated carbocycles.